The molecule has 18 heavy (non-hydrogen) atoms. The fourth-order valence-electron chi connectivity index (χ4n) is 3.33. The largest absolute Gasteiger partial charge is 0.357 e. The fraction of sp³-hybridized carbons (Fsp3) is 0.857. The van der Waals surface area contributed by atoms with Gasteiger partial charge in [0, 0.05) is 13.0 Å². The van der Waals surface area contributed by atoms with Gasteiger partial charge in [-0.3, -0.25) is 9.59 Å². The number of nitrogens with one attached hydrogen (secondary N) is 2. The Balaban J connectivity index is 2.04. The van der Waals surface area contributed by atoms with E-state index in [2.05, 4.69) is 10.6 Å². The van der Waals surface area contributed by atoms with Crippen LogP contribution in [-0.2, 0) is 9.59 Å². The van der Waals surface area contributed by atoms with Gasteiger partial charge in [0.1, 0.15) is 5.54 Å². The summed E-state index contributed by atoms with van der Waals surface area (Å²) in [6.07, 6.45) is 9.03. The Morgan fingerprint density at radius 3 is 2.17 bits per heavy atom. The van der Waals surface area contributed by atoms with E-state index >= 15 is 0 Å². The lowest BCUT2D eigenvalue weighted by molar-refractivity contribution is -0.136. The van der Waals surface area contributed by atoms with E-state index in [1.807, 2.05) is 0 Å². The molecule has 0 aromatic heterocycles. The number of carbonyl (C=O) groups is 2. The van der Waals surface area contributed by atoms with E-state index < -0.39 is 5.54 Å². The lowest BCUT2D eigenvalue weighted by atomic mass is 9.80. The molecular formula is C14H24N2O2. The Hall–Kier alpha value is -1.06. The number of amides is 2. The monoisotopic (exact) mass is 252 g/mol. The highest BCUT2D eigenvalue weighted by molar-refractivity contribution is 5.92. The molecule has 0 spiro atoms. The summed E-state index contributed by atoms with van der Waals surface area (Å²) < 4.78 is 0. The lowest BCUT2D eigenvalue weighted by Crippen LogP contribution is -2.60. The minimum atomic E-state index is -0.632. The standard InChI is InChI=1S/C14H24N2O2/c1-15-13(18)14(9-5-2-6-10-14)16-12(17)11-7-3-4-8-11/h11H,2-10H2,1H3,(H,15,18)(H,16,17). The van der Waals surface area contributed by atoms with E-state index in [1.54, 1.807) is 7.05 Å². The minimum absolute atomic E-state index is 0.0199. The van der Waals surface area contributed by atoms with Crippen molar-refractivity contribution in [3.63, 3.8) is 0 Å². The summed E-state index contributed by atoms with van der Waals surface area (Å²) in [6, 6.07) is 0. The molecule has 4 nitrogen and oxygen atoms in total. The second-order valence-electron chi connectivity index (χ2n) is 5.69. The van der Waals surface area contributed by atoms with Crippen LogP contribution in [0, 0.1) is 5.92 Å². The first kappa shape index (κ1) is 13.4. The second-order valence-corrected chi connectivity index (χ2v) is 5.69. The molecule has 0 atom stereocenters. The molecule has 0 unspecified atom stereocenters. The average molecular weight is 252 g/mol. The molecule has 4 heteroatoms. The molecule has 2 fully saturated rings. The third-order valence-electron chi connectivity index (χ3n) is 4.46. The van der Waals surface area contributed by atoms with E-state index in [0.717, 1.165) is 57.8 Å². The molecule has 0 aliphatic heterocycles. The van der Waals surface area contributed by atoms with E-state index in [9.17, 15) is 9.59 Å². The highest BCUT2D eigenvalue weighted by Crippen LogP contribution is 2.31. The number of likely N-dealkylation sites (N-methyl/N-ethyl adjacent to an activating group) is 1. The Kier molecular flexibility index (Phi) is 4.25. The van der Waals surface area contributed by atoms with Gasteiger partial charge in [-0.15, -0.1) is 0 Å². The van der Waals surface area contributed by atoms with Crippen molar-refractivity contribution >= 4 is 11.8 Å². The summed E-state index contributed by atoms with van der Waals surface area (Å²) in [7, 11) is 1.65. The maximum Gasteiger partial charge on any atom is 0.245 e. The van der Waals surface area contributed by atoms with Crippen LogP contribution in [0.5, 0.6) is 0 Å². The van der Waals surface area contributed by atoms with Crippen LogP contribution in [0.3, 0.4) is 0 Å². The molecule has 0 saturated heterocycles. The van der Waals surface area contributed by atoms with Crippen LogP contribution < -0.4 is 10.6 Å². The van der Waals surface area contributed by atoms with Gasteiger partial charge in [-0.2, -0.15) is 0 Å². The summed E-state index contributed by atoms with van der Waals surface area (Å²) in [5.74, 6) is 0.208. The molecule has 2 amide bonds. The first-order valence-electron chi connectivity index (χ1n) is 7.22. The van der Waals surface area contributed by atoms with Gasteiger partial charge in [0.25, 0.3) is 0 Å². The van der Waals surface area contributed by atoms with Gasteiger partial charge in [0.2, 0.25) is 11.8 Å². The van der Waals surface area contributed by atoms with E-state index in [0.29, 0.717) is 0 Å². The van der Waals surface area contributed by atoms with Crippen LogP contribution in [0.2, 0.25) is 0 Å². The molecule has 2 saturated carbocycles. The molecule has 0 aromatic carbocycles. The molecule has 0 radical (unpaired) electrons. The van der Waals surface area contributed by atoms with Gasteiger partial charge in [-0.25, -0.2) is 0 Å². The zero-order valence-corrected chi connectivity index (χ0v) is 11.3. The maximum atomic E-state index is 12.2. The SMILES string of the molecule is CNC(=O)C1(NC(=O)C2CCCC2)CCCCC1. The van der Waals surface area contributed by atoms with Gasteiger partial charge in [-0.1, -0.05) is 32.1 Å². The van der Waals surface area contributed by atoms with Crippen molar-refractivity contribution in [2.24, 2.45) is 5.92 Å². The predicted molar refractivity (Wildman–Crippen MR) is 70.0 cm³/mol. The van der Waals surface area contributed by atoms with Gasteiger partial charge < -0.3 is 10.6 Å². The first-order valence-corrected chi connectivity index (χ1v) is 7.22. The highest BCUT2D eigenvalue weighted by atomic mass is 16.2. The first-order chi connectivity index (χ1) is 8.68. The van der Waals surface area contributed by atoms with Gasteiger partial charge in [0.15, 0.2) is 0 Å². The van der Waals surface area contributed by atoms with Crippen molar-refractivity contribution in [1.29, 1.82) is 0 Å². The van der Waals surface area contributed by atoms with Crippen LogP contribution in [0.1, 0.15) is 57.8 Å². The zero-order valence-electron chi connectivity index (χ0n) is 11.3. The Labute approximate surface area is 109 Å². The van der Waals surface area contributed by atoms with Crippen LogP contribution in [0.4, 0.5) is 0 Å². The van der Waals surface area contributed by atoms with Crippen molar-refractivity contribution in [3.05, 3.63) is 0 Å². The van der Waals surface area contributed by atoms with Crippen LogP contribution in [-0.4, -0.2) is 24.4 Å². The number of hydrogen-bond acceptors (Lipinski definition) is 2. The summed E-state index contributed by atoms with van der Waals surface area (Å²) in [5, 5.41) is 5.79. The van der Waals surface area contributed by atoms with Crippen molar-refractivity contribution in [2.75, 3.05) is 7.05 Å². The summed E-state index contributed by atoms with van der Waals surface area (Å²) in [4.78, 5) is 24.4. The molecule has 2 rings (SSSR count). The molecule has 2 aliphatic carbocycles. The molecule has 0 aromatic rings. The minimum Gasteiger partial charge on any atom is -0.357 e. The summed E-state index contributed by atoms with van der Waals surface area (Å²) in [5.41, 5.74) is -0.632. The van der Waals surface area contributed by atoms with E-state index in [4.69, 9.17) is 0 Å². The third kappa shape index (κ3) is 2.68. The molecule has 102 valence electrons. The summed E-state index contributed by atoms with van der Waals surface area (Å²) >= 11 is 0. The van der Waals surface area contributed by atoms with E-state index in [1.165, 1.54) is 0 Å². The van der Waals surface area contributed by atoms with Gasteiger partial charge >= 0.3 is 0 Å². The quantitative estimate of drug-likeness (QED) is 0.804. The van der Waals surface area contributed by atoms with Crippen LogP contribution in [0.15, 0.2) is 0 Å². The van der Waals surface area contributed by atoms with Crippen molar-refractivity contribution in [3.8, 4) is 0 Å². The Bertz CT molecular complexity index is 316. The summed E-state index contributed by atoms with van der Waals surface area (Å²) in [6.45, 7) is 0. The molecular weight excluding hydrogens is 228 g/mol. The third-order valence-corrected chi connectivity index (χ3v) is 4.46. The molecule has 2 N–H and O–H groups in total. The van der Waals surface area contributed by atoms with Gasteiger partial charge in [-0.05, 0) is 25.7 Å². The molecule has 0 heterocycles. The smallest absolute Gasteiger partial charge is 0.245 e. The van der Waals surface area contributed by atoms with Crippen molar-refractivity contribution < 1.29 is 9.59 Å². The average Bonchev–Trinajstić information content (AvgIpc) is 2.93. The predicted octanol–water partition coefficient (Wildman–Crippen LogP) is 1.74. The highest BCUT2D eigenvalue weighted by Gasteiger charge is 2.41. The number of carbonyl (C=O) groups excluding carboxylic acids is 2. The van der Waals surface area contributed by atoms with Crippen LogP contribution in [0.25, 0.3) is 0 Å². The lowest BCUT2D eigenvalue weighted by Gasteiger charge is -2.37. The Morgan fingerprint density at radius 2 is 1.61 bits per heavy atom. The Morgan fingerprint density at radius 1 is 1.00 bits per heavy atom. The normalized spacial score (nSPS) is 23.6. The van der Waals surface area contributed by atoms with Crippen molar-refractivity contribution in [2.45, 2.75) is 63.3 Å². The van der Waals surface area contributed by atoms with E-state index in [-0.39, 0.29) is 17.7 Å². The number of hydrogen-bond donors (Lipinski definition) is 2. The molecule has 2 aliphatic rings. The molecule has 0 bridgehead atoms. The maximum absolute atomic E-state index is 12.2. The van der Waals surface area contributed by atoms with Gasteiger partial charge in [0.05, 0.1) is 0 Å². The number of rotatable bonds is 3. The van der Waals surface area contributed by atoms with Crippen LogP contribution >= 0.6 is 0 Å². The van der Waals surface area contributed by atoms with Crippen molar-refractivity contribution in [1.82, 2.24) is 10.6 Å². The topological polar surface area (TPSA) is 58.2 Å². The fourth-order valence-corrected chi connectivity index (χ4v) is 3.33. The second kappa shape index (κ2) is 5.72. The zero-order chi connectivity index (χ0) is 13.0.